The molecule has 0 spiro atoms. The van der Waals surface area contributed by atoms with Gasteiger partial charge in [-0.25, -0.2) is 10.2 Å². The van der Waals surface area contributed by atoms with Crippen LogP contribution >= 0.6 is 0 Å². The van der Waals surface area contributed by atoms with Crippen molar-refractivity contribution in [2.45, 2.75) is 6.42 Å². The van der Waals surface area contributed by atoms with E-state index in [1.54, 1.807) is 7.11 Å². The fourth-order valence-corrected chi connectivity index (χ4v) is 1.99. The van der Waals surface area contributed by atoms with Gasteiger partial charge in [0.05, 0.1) is 26.5 Å². The van der Waals surface area contributed by atoms with Crippen LogP contribution in [0.3, 0.4) is 0 Å². The van der Waals surface area contributed by atoms with Crippen molar-refractivity contribution in [3.05, 3.63) is 54.1 Å². The highest BCUT2D eigenvalue weighted by Gasteiger charge is 1.99. The summed E-state index contributed by atoms with van der Waals surface area (Å²) in [5.74, 6) is 2.24. The summed E-state index contributed by atoms with van der Waals surface area (Å²) >= 11 is 0. The zero-order chi connectivity index (χ0) is 17.9. The van der Waals surface area contributed by atoms with Crippen molar-refractivity contribution < 1.29 is 19.0 Å². The van der Waals surface area contributed by atoms with Crippen LogP contribution in [0.15, 0.2) is 53.6 Å². The monoisotopic (exact) mass is 343 g/mol. The molecule has 3 N–H and O–H groups in total. The van der Waals surface area contributed by atoms with Crippen LogP contribution in [0.4, 0.5) is 4.79 Å². The maximum absolute atomic E-state index is 10.6. The second-order valence-electron chi connectivity index (χ2n) is 5.04. The number of nitrogens with zero attached hydrogens (tertiary/aromatic N) is 1. The van der Waals surface area contributed by atoms with E-state index in [1.165, 1.54) is 6.21 Å². The first-order valence-electron chi connectivity index (χ1n) is 7.75. The van der Waals surface area contributed by atoms with E-state index in [1.807, 2.05) is 48.5 Å². The lowest BCUT2D eigenvalue weighted by molar-refractivity contribution is 0.247. The molecule has 132 valence electrons. The molecule has 7 heteroatoms. The molecular weight excluding hydrogens is 322 g/mol. The summed E-state index contributed by atoms with van der Waals surface area (Å²) in [6, 6.07) is 14.1. The molecule has 0 radical (unpaired) electrons. The van der Waals surface area contributed by atoms with Gasteiger partial charge in [0.25, 0.3) is 0 Å². The van der Waals surface area contributed by atoms with E-state index in [0.717, 1.165) is 23.5 Å². The van der Waals surface area contributed by atoms with Crippen LogP contribution in [0, 0.1) is 0 Å². The number of methoxy groups -OCH3 is 1. The molecule has 0 atom stereocenters. The Labute approximate surface area is 146 Å². The lowest BCUT2D eigenvalue weighted by Gasteiger charge is -2.09. The molecule has 0 aliphatic carbocycles. The molecule has 0 saturated heterocycles. The van der Waals surface area contributed by atoms with E-state index in [0.29, 0.717) is 19.0 Å². The van der Waals surface area contributed by atoms with E-state index in [2.05, 4.69) is 10.5 Å². The predicted molar refractivity (Wildman–Crippen MR) is 95.4 cm³/mol. The third-order valence-corrected chi connectivity index (χ3v) is 3.11. The summed E-state index contributed by atoms with van der Waals surface area (Å²) in [6.07, 6.45) is 2.22. The van der Waals surface area contributed by atoms with Crippen molar-refractivity contribution in [3.8, 4) is 17.2 Å². The third-order valence-electron chi connectivity index (χ3n) is 3.11. The first-order valence-corrected chi connectivity index (χ1v) is 7.75. The Morgan fingerprint density at radius 1 is 1.08 bits per heavy atom. The molecule has 0 heterocycles. The number of benzene rings is 2. The summed E-state index contributed by atoms with van der Waals surface area (Å²) in [5.41, 5.74) is 7.86. The summed E-state index contributed by atoms with van der Waals surface area (Å²) in [4.78, 5) is 10.6. The molecule has 2 aromatic rings. The van der Waals surface area contributed by atoms with Crippen LogP contribution in [0.1, 0.15) is 12.0 Å². The normalized spacial score (nSPS) is 10.4. The quantitative estimate of drug-likeness (QED) is 0.415. The number of ether oxygens (including phenoxy) is 3. The van der Waals surface area contributed by atoms with Crippen molar-refractivity contribution in [2.75, 3.05) is 20.3 Å². The molecular formula is C18H21N3O4. The van der Waals surface area contributed by atoms with Crippen LogP contribution in [0.25, 0.3) is 0 Å². The number of nitrogens with two attached hydrogens (primary N) is 1. The SMILES string of the molecule is COc1cccc(OCCCOc2cccc(/C=N/NC(N)=O)c2)c1. The maximum atomic E-state index is 10.6. The Morgan fingerprint density at radius 2 is 1.72 bits per heavy atom. The Balaban J connectivity index is 1.72. The maximum Gasteiger partial charge on any atom is 0.332 e. The number of urea groups is 1. The second-order valence-corrected chi connectivity index (χ2v) is 5.04. The number of hydrazone groups is 1. The van der Waals surface area contributed by atoms with Gasteiger partial charge in [0, 0.05) is 12.5 Å². The van der Waals surface area contributed by atoms with Gasteiger partial charge in [0.15, 0.2) is 0 Å². The van der Waals surface area contributed by atoms with Gasteiger partial charge >= 0.3 is 6.03 Å². The second kappa shape index (κ2) is 9.82. The molecule has 2 amide bonds. The minimum atomic E-state index is -0.709. The summed E-state index contributed by atoms with van der Waals surface area (Å²) in [5, 5.41) is 3.70. The summed E-state index contributed by atoms with van der Waals surface area (Å²) in [6.45, 7) is 1.06. The molecule has 0 fully saturated rings. The Hall–Kier alpha value is -3.22. The van der Waals surface area contributed by atoms with Crippen LogP contribution in [0.2, 0.25) is 0 Å². The van der Waals surface area contributed by atoms with Gasteiger partial charge in [-0.1, -0.05) is 18.2 Å². The Morgan fingerprint density at radius 3 is 2.40 bits per heavy atom. The lowest BCUT2D eigenvalue weighted by atomic mass is 10.2. The number of carbonyl (C=O) groups excluding carboxylic acids is 1. The van der Waals surface area contributed by atoms with Gasteiger partial charge in [-0.3, -0.25) is 0 Å². The van der Waals surface area contributed by atoms with Crippen molar-refractivity contribution in [1.29, 1.82) is 0 Å². The zero-order valence-corrected chi connectivity index (χ0v) is 14.0. The van der Waals surface area contributed by atoms with Gasteiger partial charge in [0.1, 0.15) is 17.2 Å². The largest absolute Gasteiger partial charge is 0.497 e. The highest BCUT2D eigenvalue weighted by Crippen LogP contribution is 2.19. The predicted octanol–water partition coefficient (Wildman–Crippen LogP) is 2.55. The number of hydrogen-bond donors (Lipinski definition) is 2. The summed E-state index contributed by atoms with van der Waals surface area (Å²) in [7, 11) is 1.62. The highest BCUT2D eigenvalue weighted by molar-refractivity contribution is 5.81. The molecule has 0 saturated carbocycles. The molecule has 7 nitrogen and oxygen atoms in total. The van der Waals surface area contributed by atoms with E-state index >= 15 is 0 Å². The summed E-state index contributed by atoms with van der Waals surface area (Å²) < 4.78 is 16.5. The van der Waals surface area contributed by atoms with E-state index in [4.69, 9.17) is 19.9 Å². The topological polar surface area (TPSA) is 95.2 Å². The van der Waals surface area contributed by atoms with Crippen molar-refractivity contribution in [2.24, 2.45) is 10.8 Å². The Bertz CT molecular complexity index is 719. The van der Waals surface area contributed by atoms with Crippen molar-refractivity contribution in [1.82, 2.24) is 5.43 Å². The van der Waals surface area contributed by atoms with Crippen LogP contribution < -0.4 is 25.4 Å². The number of nitrogens with one attached hydrogen (secondary N) is 1. The fraction of sp³-hybridized carbons (Fsp3) is 0.222. The first kappa shape index (κ1) is 18.1. The first-order chi connectivity index (χ1) is 12.2. The van der Waals surface area contributed by atoms with Gasteiger partial charge in [-0.2, -0.15) is 5.10 Å². The Kier molecular flexibility index (Phi) is 7.12. The zero-order valence-electron chi connectivity index (χ0n) is 14.0. The van der Waals surface area contributed by atoms with Gasteiger partial charge in [-0.05, 0) is 29.8 Å². The van der Waals surface area contributed by atoms with Crippen LogP contribution in [0.5, 0.6) is 17.2 Å². The molecule has 0 unspecified atom stereocenters. The molecule has 25 heavy (non-hydrogen) atoms. The van der Waals surface area contributed by atoms with Gasteiger partial charge < -0.3 is 19.9 Å². The molecule has 0 aliphatic heterocycles. The van der Waals surface area contributed by atoms with Crippen molar-refractivity contribution in [3.63, 3.8) is 0 Å². The van der Waals surface area contributed by atoms with E-state index in [-0.39, 0.29) is 0 Å². The minimum absolute atomic E-state index is 0.518. The van der Waals surface area contributed by atoms with E-state index < -0.39 is 6.03 Å². The number of primary amides is 1. The average Bonchev–Trinajstić information content (AvgIpc) is 2.62. The van der Waals surface area contributed by atoms with Crippen LogP contribution in [-0.4, -0.2) is 32.6 Å². The van der Waals surface area contributed by atoms with Crippen molar-refractivity contribution >= 4 is 12.2 Å². The molecule has 0 aliphatic rings. The molecule has 0 aromatic heterocycles. The highest BCUT2D eigenvalue weighted by atomic mass is 16.5. The number of rotatable bonds is 9. The number of hydrogen-bond acceptors (Lipinski definition) is 5. The standard InChI is InChI=1S/C18H21N3O4/c1-23-15-6-3-8-17(12-15)25-10-4-9-24-16-7-2-5-14(11-16)13-20-21-18(19)22/h2-3,5-8,11-13H,4,9-10H2,1H3,(H3,19,21,22)/b20-13+. The lowest BCUT2D eigenvalue weighted by Crippen LogP contribution is -2.24. The molecule has 2 rings (SSSR count). The minimum Gasteiger partial charge on any atom is -0.497 e. The smallest absolute Gasteiger partial charge is 0.332 e. The molecule has 2 aromatic carbocycles. The number of carbonyl (C=O) groups is 1. The van der Waals surface area contributed by atoms with Gasteiger partial charge in [-0.15, -0.1) is 0 Å². The number of amides is 2. The fourth-order valence-electron chi connectivity index (χ4n) is 1.99. The average molecular weight is 343 g/mol. The third kappa shape index (κ3) is 6.82. The van der Waals surface area contributed by atoms with E-state index in [9.17, 15) is 4.79 Å². The van der Waals surface area contributed by atoms with Crippen LogP contribution in [-0.2, 0) is 0 Å². The van der Waals surface area contributed by atoms with Gasteiger partial charge in [0.2, 0.25) is 0 Å². The molecule has 0 bridgehead atoms.